The standard InChI is InChI=1S/C25H30N2O3S/c1-27(17-8-3-2-4-9-17)31(29,30)18-14-15-23-22(16-18)19-11-7-12-20(19)25(26-23)21-10-5-6-13-24(21)28/h5-7,10-11,13-17,19-20,25-26,28H,2-4,8-9,12H2,1H3. The van der Waals surface area contributed by atoms with E-state index in [0.717, 1.165) is 48.9 Å². The lowest BCUT2D eigenvalue weighted by Gasteiger charge is -2.38. The lowest BCUT2D eigenvalue weighted by Crippen LogP contribution is -2.38. The first-order chi connectivity index (χ1) is 15.0. The molecule has 3 unspecified atom stereocenters. The fourth-order valence-electron chi connectivity index (χ4n) is 5.60. The van der Waals surface area contributed by atoms with E-state index in [9.17, 15) is 13.5 Å². The molecule has 6 heteroatoms. The van der Waals surface area contributed by atoms with Crippen LogP contribution in [-0.4, -0.2) is 30.9 Å². The van der Waals surface area contributed by atoms with Crippen LogP contribution in [-0.2, 0) is 10.0 Å². The lowest BCUT2D eigenvalue weighted by molar-refractivity contribution is 0.286. The van der Waals surface area contributed by atoms with Gasteiger partial charge in [-0.1, -0.05) is 49.6 Å². The molecule has 1 heterocycles. The first kappa shape index (κ1) is 20.6. The molecule has 5 rings (SSSR count). The Morgan fingerprint density at radius 1 is 1.03 bits per heavy atom. The number of aromatic hydroxyl groups is 1. The Hall–Kier alpha value is -2.31. The van der Waals surface area contributed by atoms with E-state index in [4.69, 9.17) is 0 Å². The minimum absolute atomic E-state index is 0.0129. The van der Waals surface area contributed by atoms with Gasteiger partial charge in [0.05, 0.1) is 10.9 Å². The topological polar surface area (TPSA) is 69.6 Å². The molecule has 2 aromatic rings. The van der Waals surface area contributed by atoms with Gasteiger partial charge in [0, 0.05) is 30.3 Å². The van der Waals surface area contributed by atoms with E-state index >= 15 is 0 Å². The highest BCUT2D eigenvalue weighted by molar-refractivity contribution is 7.89. The van der Waals surface area contributed by atoms with Gasteiger partial charge in [-0.25, -0.2) is 8.42 Å². The summed E-state index contributed by atoms with van der Waals surface area (Å²) in [6, 6.07) is 13.0. The van der Waals surface area contributed by atoms with Crippen molar-refractivity contribution in [2.45, 2.75) is 61.4 Å². The number of hydrogen-bond acceptors (Lipinski definition) is 4. The number of hydrogen-bond donors (Lipinski definition) is 2. The summed E-state index contributed by atoms with van der Waals surface area (Å²) < 4.78 is 28.4. The number of nitrogens with zero attached hydrogens (tertiary/aromatic N) is 1. The molecule has 1 aliphatic heterocycles. The van der Waals surface area contributed by atoms with E-state index in [-0.39, 0.29) is 23.9 Å². The second-order valence-corrected chi connectivity index (χ2v) is 11.1. The van der Waals surface area contributed by atoms with Gasteiger partial charge in [-0.05, 0) is 55.0 Å². The average Bonchev–Trinajstić information content (AvgIpc) is 3.29. The first-order valence-corrected chi connectivity index (χ1v) is 12.7. The smallest absolute Gasteiger partial charge is 0.243 e. The Labute approximate surface area is 184 Å². The summed E-state index contributed by atoms with van der Waals surface area (Å²) in [5.41, 5.74) is 2.87. The second-order valence-electron chi connectivity index (χ2n) is 9.10. The molecule has 31 heavy (non-hydrogen) atoms. The summed E-state index contributed by atoms with van der Waals surface area (Å²) >= 11 is 0. The quantitative estimate of drug-likeness (QED) is 0.646. The van der Waals surface area contributed by atoms with E-state index in [1.54, 1.807) is 23.5 Å². The van der Waals surface area contributed by atoms with Gasteiger partial charge in [0.1, 0.15) is 5.75 Å². The van der Waals surface area contributed by atoms with Crippen LogP contribution in [0.15, 0.2) is 59.5 Å². The number of phenols is 1. The van der Waals surface area contributed by atoms with Crippen molar-refractivity contribution < 1.29 is 13.5 Å². The molecule has 0 spiro atoms. The predicted molar refractivity (Wildman–Crippen MR) is 123 cm³/mol. The SMILES string of the molecule is CN(C1CCCCC1)S(=O)(=O)c1ccc2c(c1)C1C=CCC1C(c1ccccc1O)N2. The second kappa shape index (κ2) is 7.99. The van der Waals surface area contributed by atoms with Crippen molar-refractivity contribution in [3.05, 3.63) is 65.7 Å². The summed E-state index contributed by atoms with van der Waals surface area (Å²) in [6.07, 6.45) is 10.5. The molecule has 3 atom stereocenters. The van der Waals surface area contributed by atoms with E-state index in [2.05, 4.69) is 17.5 Å². The normalized spacial score (nSPS) is 25.8. The van der Waals surface area contributed by atoms with Crippen LogP contribution in [0.5, 0.6) is 5.75 Å². The third-order valence-electron chi connectivity index (χ3n) is 7.37. The highest BCUT2D eigenvalue weighted by atomic mass is 32.2. The zero-order valence-electron chi connectivity index (χ0n) is 17.9. The lowest BCUT2D eigenvalue weighted by atomic mass is 9.77. The maximum absolute atomic E-state index is 13.4. The molecule has 1 fully saturated rings. The van der Waals surface area contributed by atoms with Crippen LogP contribution >= 0.6 is 0 Å². The third-order valence-corrected chi connectivity index (χ3v) is 9.28. The van der Waals surface area contributed by atoms with Crippen LogP contribution in [0.2, 0.25) is 0 Å². The molecule has 0 radical (unpaired) electrons. The third kappa shape index (κ3) is 3.56. The van der Waals surface area contributed by atoms with E-state index in [1.165, 1.54) is 6.42 Å². The Morgan fingerprint density at radius 2 is 1.81 bits per heavy atom. The van der Waals surface area contributed by atoms with Gasteiger partial charge in [-0.2, -0.15) is 4.31 Å². The van der Waals surface area contributed by atoms with Gasteiger partial charge in [0.25, 0.3) is 0 Å². The number of anilines is 1. The molecule has 5 nitrogen and oxygen atoms in total. The van der Waals surface area contributed by atoms with Crippen molar-refractivity contribution in [3.63, 3.8) is 0 Å². The molecule has 0 aromatic heterocycles. The van der Waals surface area contributed by atoms with E-state index < -0.39 is 10.0 Å². The van der Waals surface area contributed by atoms with Gasteiger partial charge < -0.3 is 10.4 Å². The summed E-state index contributed by atoms with van der Waals surface area (Å²) in [4.78, 5) is 0.376. The minimum atomic E-state index is -3.53. The Bertz CT molecular complexity index is 1110. The van der Waals surface area contributed by atoms with Gasteiger partial charge in [0.15, 0.2) is 0 Å². The molecule has 1 saturated carbocycles. The minimum Gasteiger partial charge on any atom is -0.508 e. The number of rotatable bonds is 4. The Balaban J connectivity index is 1.49. The summed E-state index contributed by atoms with van der Waals surface area (Å²) in [5.74, 6) is 0.674. The van der Waals surface area contributed by atoms with Crippen LogP contribution in [0.25, 0.3) is 0 Å². The zero-order valence-corrected chi connectivity index (χ0v) is 18.7. The fourth-order valence-corrected chi connectivity index (χ4v) is 7.05. The van der Waals surface area contributed by atoms with Gasteiger partial charge in [-0.3, -0.25) is 0 Å². The number of fused-ring (bicyclic) bond motifs is 3. The molecule has 0 amide bonds. The monoisotopic (exact) mass is 438 g/mol. The van der Waals surface area contributed by atoms with E-state index in [1.807, 2.05) is 30.3 Å². The molecule has 2 aliphatic carbocycles. The van der Waals surface area contributed by atoms with Crippen LogP contribution in [0.4, 0.5) is 5.69 Å². The van der Waals surface area contributed by atoms with E-state index in [0.29, 0.717) is 10.6 Å². The zero-order chi connectivity index (χ0) is 21.6. The number of para-hydroxylation sites is 1. The molecule has 164 valence electrons. The molecule has 3 aliphatic rings. The van der Waals surface area contributed by atoms with Gasteiger partial charge >= 0.3 is 0 Å². The number of benzene rings is 2. The summed E-state index contributed by atoms with van der Waals surface area (Å²) in [7, 11) is -1.80. The predicted octanol–water partition coefficient (Wildman–Crippen LogP) is 5.17. The molecular weight excluding hydrogens is 408 g/mol. The molecule has 0 saturated heterocycles. The van der Waals surface area contributed by atoms with Crippen LogP contribution in [0, 0.1) is 5.92 Å². The number of sulfonamides is 1. The van der Waals surface area contributed by atoms with Crippen molar-refractivity contribution in [2.75, 3.05) is 12.4 Å². The van der Waals surface area contributed by atoms with Crippen LogP contribution < -0.4 is 5.32 Å². The van der Waals surface area contributed by atoms with Crippen molar-refractivity contribution in [2.24, 2.45) is 5.92 Å². The molecule has 2 N–H and O–H groups in total. The van der Waals surface area contributed by atoms with Gasteiger partial charge in [-0.15, -0.1) is 0 Å². The van der Waals surface area contributed by atoms with Gasteiger partial charge in [0.2, 0.25) is 10.0 Å². The highest BCUT2D eigenvalue weighted by Crippen LogP contribution is 2.51. The highest BCUT2D eigenvalue weighted by Gasteiger charge is 2.40. The maximum Gasteiger partial charge on any atom is 0.243 e. The van der Waals surface area contributed by atoms with Crippen LogP contribution in [0.3, 0.4) is 0 Å². The number of allylic oxidation sites excluding steroid dienone is 2. The molecule has 2 aromatic carbocycles. The number of nitrogens with one attached hydrogen (secondary N) is 1. The van der Waals surface area contributed by atoms with Crippen molar-refractivity contribution >= 4 is 15.7 Å². The van der Waals surface area contributed by atoms with Crippen LogP contribution in [0.1, 0.15) is 61.6 Å². The average molecular weight is 439 g/mol. The number of phenolic OH excluding ortho intramolecular Hbond substituents is 1. The molecule has 0 bridgehead atoms. The Morgan fingerprint density at radius 3 is 2.58 bits per heavy atom. The van der Waals surface area contributed by atoms with Crippen molar-refractivity contribution in [1.29, 1.82) is 0 Å². The first-order valence-electron chi connectivity index (χ1n) is 11.3. The summed E-state index contributed by atoms with van der Waals surface area (Å²) in [6.45, 7) is 0. The van der Waals surface area contributed by atoms with Crippen molar-refractivity contribution in [1.82, 2.24) is 4.31 Å². The largest absolute Gasteiger partial charge is 0.508 e. The van der Waals surface area contributed by atoms with Crippen molar-refractivity contribution in [3.8, 4) is 5.75 Å². The molecular formula is C25H30N2O3S. The maximum atomic E-state index is 13.4. The Kier molecular flexibility index (Phi) is 5.30. The summed E-state index contributed by atoms with van der Waals surface area (Å²) in [5, 5.41) is 14.0. The fraction of sp³-hybridized carbons (Fsp3) is 0.440.